The zero-order valence-electron chi connectivity index (χ0n) is 11.3. The molecule has 0 spiro atoms. The van der Waals surface area contributed by atoms with Crippen molar-refractivity contribution in [1.82, 2.24) is 9.78 Å². The SMILES string of the molecule is Cc1c(Cl)cccc1NC1CCCc2c1cnn2C. The highest BCUT2D eigenvalue weighted by Crippen LogP contribution is 2.34. The summed E-state index contributed by atoms with van der Waals surface area (Å²) in [5.41, 5.74) is 4.91. The largest absolute Gasteiger partial charge is 0.378 e. The quantitative estimate of drug-likeness (QED) is 0.902. The van der Waals surface area contributed by atoms with E-state index >= 15 is 0 Å². The van der Waals surface area contributed by atoms with Crippen LogP contribution < -0.4 is 5.32 Å². The van der Waals surface area contributed by atoms with Gasteiger partial charge in [-0.05, 0) is 43.9 Å². The molecule has 0 bridgehead atoms. The molecule has 4 heteroatoms. The number of nitrogens with one attached hydrogen (secondary N) is 1. The fraction of sp³-hybridized carbons (Fsp3) is 0.400. The van der Waals surface area contributed by atoms with Crippen LogP contribution in [0.15, 0.2) is 24.4 Å². The summed E-state index contributed by atoms with van der Waals surface area (Å²) in [6, 6.07) is 6.35. The number of hydrogen-bond acceptors (Lipinski definition) is 2. The van der Waals surface area contributed by atoms with E-state index in [2.05, 4.69) is 23.4 Å². The predicted octanol–water partition coefficient (Wildman–Crippen LogP) is 3.87. The van der Waals surface area contributed by atoms with Gasteiger partial charge in [0, 0.05) is 29.0 Å². The molecule has 19 heavy (non-hydrogen) atoms. The van der Waals surface area contributed by atoms with E-state index in [1.54, 1.807) is 0 Å². The normalized spacial score (nSPS) is 18.2. The fourth-order valence-corrected chi connectivity index (χ4v) is 2.98. The van der Waals surface area contributed by atoms with Gasteiger partial charge in [-0.15, -0.1) is 0 Å². The number of aryl methyl sites for hydroxylation is 1. The molecule has 1 aromatic heterocycles. The molecule has 3 nitrogen and oxygen atoms in total. The van der Waals surface area contributed by atoms with Crippen molar-refractivity contribution >= 4 is 17.3 Å². The minimum absolute atomic E-state index is 0.342. The standard InChI is InChI=1S/C15H18ClN3/c1-10-12(16)5-3-6-13(10)18-14-7-4-8-15-11(14)9-17-19(15)2/h3,5-6,9,14,18H,4,7-8H2,1-2H3. The summed E-state index contributed by atoms with van der Waals surface area (Å²) in [6.45, 7) is 2.05. The fourth-order valence-electron chi connectivity index (χ4n) is 2.81. The van der Waals surface area contributed by atoms with Crippen molar-refractivity contribution < 1.29 is 0 Å². The minimum Gasteiger partial charge on any atom is -0.378 e. The van der Waals surface area contributed by atoms with Crippen LogP contribution in [-0.2, 0) is 13.5 Å². The third kappa shape index (κ3) is 2.23. The summed E-state index contributed by atoms with van der Waals surface area (Å²) in [7, 11) is 2.02. The molecule has 0 amide bonds. The lowest BCUT2D eigenvalue weighted by Gasteiger charge is -2.25. The molecule has 100 valence electrons. The highest BCUT2D eigenvalue weighted by molar-refractivity contribution is 6.31. The number of nitrogens with zero attached hydrogens (tertiary/aromatic N) is 2. The van der Waals surface area contributed by atoms with Gasteiger partial charge < -0.3 is 5.32 Å². The van der Waals surface area contributed by atoms with Crippen molar-refractivity contribution in [2.45, 2.75) is 32.2 Å². The van der Waals surface area contributed by atoms with E-state index in [0.717, 1.165) is 29.1 Å². The van der Waals surface area contributed by atoms with Crippen LogP contribution in [0.2, 0.25) is 5.02 Å². The van der Waals surface area contributed by atoms with Gasteiger partial charge in [-0.1, -0.05) is 17.7 Å². The Morgan fingerprint density at radius 2 is 2.26 bits per heavy atom. The lowest BCUT2D eigenvalue weighted by Crippen LogP contribution is -2.18. The Kier molecular flexibility index (Phi) is 3.23. The van der Waals surface area contributed by atoms with Crippen LogP contribution in [0, 0.1) is 6.92 Å². The van der Waals surface area contributed by atoms with Crippen LogP contribution in [0.4, 0.5) is 5.69 Å². The zero-order valence-corrected chi connectivity index (χ0v) is 12.0. The van der Waals surface area contributed by atoms with Crippen LogP contribution in [0.5, 0.6) is 0 Å². The van der Waals surface area contributed by atoms with E-state index < -0.39 is 0 Å². The molecule has 1 N–H and O–H groups in total. The first-order chi connectivity index (χ1) is 9.16. The molecule has 0 radical (unpaired) electrons. The number of hydrogen-bond donors (Lipinski definition) is 1. The van der Waals surface area contributed by atoms with E-state index in [-0.39, 0.29) is 0 Å². The van der Waals surface area contributed by atoms with Gasteiger partial charge in [-0.3, -0.25) is 4.68 Å². The van der Waals surface area contributed by atoms with E-state index in [9.17, 15) is 0 Å². The second kappa shape index (κ2) is 4.89. The van der Waals surface area contributed by atoms with Gasteiger partial charge in [0.25, 0.3) is 0 Å². The average molecular weight is 276 g/mol. The molecule has 1 aliphatic rings. The van der Waals surface area contributed by atoms with Gasteiger partial charge in [0.15, 0.2) is 0 Å². The number of aromatic nitrogens is 2. The third-order valence-electron chi connectivity index (χ3n) is 3.97. The topological polar surface area (TPSA) is 29.9 Å². The van der Waals surface area contributed by atoms with Crippen LogP contribution in [0.3, 0.4) is 0 Å². The van der Waals surface area contributed by atoms with Gasteiger partial charge in [-0.2, -0.15) is 5.10 Å². The number of rotatable bonds is 2. The van der Waals surface area contributed by atoms with Gasteiger partial charge in [0.1, 0.15) is 0 Å². The summed E-state index contributed by atoms with van der Waals surface area (Å²) in [5.74, 6) is 0. The molecule has 0 fully saturated rings. The zero-order chi connectivity index (χ0) is 13.4. The molecular weight excluding hydrogens is 258 g/mol. The smallest absolute Gasteiger partial charge is 0.0547 e. The number of benzene rings is 1. The second-order valence-corrected chi connectivity index (χ2v) is 5.58. The molecule has 0 saturated heterocycles. The predicted molar refractivity (Wildman–Crippen MR) is 78.7 cm³/mol. The molecule has 1 unspecified atom stereocenters. The van der Waals surface area contributed by atoms with Crippen molar-refractivity contribution in [1.29, 1.82) is 0 Å². The molecule has 3 rings (SSSR count). The highest BCUT2D eigenvalue weighted by Gasteiger charge is 2.23. The van der Waals surface area contributed by atoms with Gasteiger partial charge in [-0.25, -0.2) is 0 Å². The van der Waals surface area contributed by atoms with E-state index in [1.165, 1.54) is 17.7 Å². The Hall–Kier alpha value is -1.48. The molecule has 0 aliphatic heterocycles. The summed E-state index contributed by atoms with van der Waals surface area (Å²) in [6.07, 6.45) is 5.46. The maximum Gasteiger partial charge on any atom is 0.0547 e. The van der Waals surface area contributed by atoms with Crippen molar-refractivity contribution in [3.05, 3.63) is 46.2 Å². The first-order valence-corrected chi connectivity index (χ1v) is 7.07. The minimum atomic E-state index is 0.342. The van der Waals surface area contributed by atoms with Crippen LogP contribution >= 0.6 is 11.6 Å². The average Bonchev–Trinajstić information content (AvgIpc) is 2.78. The van der Waals surface area contributed by atoms with Crippen LogP contribution in [0.25, 0.3) is 0 Å². The van der Waals surface area contributed by atoms with Crippen molar-refractivity contribution in [3.8, 4) is 0 Å². The first kappa shape index (κ1) is 12.5. The Balaban J connectivity index is 1.91. The summed E-state index contributed by atoms with van der Waals surface area (Å²) in [5, 5.41) is 8.81. The lowest BCUT2D eigenvalue weighted by atomic mass is 9.92. The summed E-state index contributed by atoms with van der Waals surface area (Å²) < 4.78 is 1.99. The first-order valence-electron chi connectivity index (χ1n) is 6.69. The number of anilines is 1. The van der Waals surface area contributed by atoms with Gasteiger partial charge in [0.05, 0.1) is 12.2 Å². The summed E-state index contributed by atoms with van der Waals surface area (Å²) >= 11 is 6.18. The van der Waals surface area contributed by atoms with Crippen LogP contribution in [0.1, 0.15) is 35.7 Å². The van der Waals surface area contributed by atoms with E-state index in [1.807, 2.05) is 30.1 Å². The Labute approximate surface area is 118 Å². The Morgan fingerprint density at radius 3 is 3.11 bits per heavy atom. The highest BCUT2D eigenvalue weighted by atomic mass is 35.5. The molecule has 1 atom stereocenters. The maximum atomic E-state index is 6.18. The Bertz CT molecular complexity index is 603. The molecule has 1 aromatic carbocycles. The lowest BCUT2D eigenvalue weighted by molar-refractivity contribution is 0.571. The molecular formula is C15H18ClN3. The monoisotopic (exact) mass is 275 g/mol. The van der Waals surface area contributed by atoms with Crippen molar-refractivity contribution in [2.75, 3.05) is 5.32 Å². The van der Waals surface area contributed by atoms with Crippen molar-refractivity contribution in [3.63, 3.8) is 0 Å². The number of fused-ring (bicyclic) bond motifs is 1. The number of halogens is 1. The second-order valence-electron chi connectivity index (χ2n) is 5.17. The molecule has 1 heterocycles. The van der Waals surface area contributed by atoms with E-state index in [4.69, 9.17) is 11.6 Å². The van der Waals surface area contributed by atoms with Crippen LogP contribution in [-0.4, -0.2) is 9.78 Å². The summed E-state index contributed by atoms with van der Waals surface area (Å²) in [4.78, 5) is 0. The third-order valence-corrected chi connectivity index (χ3v) is 4.38. The van der Waals surface area contributed by atoms with E-state index in [0.29, 0.717) is 6.04 Å². The Morgan fingerprint density at radius 1 is 1.42 bits per heavy atom. The maximum absolute atomic E-state index is 6.18. The van der Waals surface area contributed by atoms with Gasteiger partial charge in [0.2, 0.25) is 0 Å². The molecule has 2 aromatic rings. The molecule has 0 saturated carbocycles. The van der Waals surface area contributed by atoms with Gasteiger partial charge >= 0.3 is 0 Å². The van der Waals surface area contributed by atoms with Crippen molar-refractivity contribution in [2.24, 2.45) is 7.05 Å². The molecule has 1 aliphatic carbocycles.